The predicted molar refractivity (Wildman–Crippen MR) is 63.8 cm³/mol. The van der Waals surface area contributed by atoms with E-state index in [-0.39, 0.29) is 0 Å². The third-order valence-electron chi connectivity index (χ3n) is 4.98. The molecule has 3 aliphatic carbocycles. The second-order valence-corrected chi connectivity index (χ2v) is 6.08. The molecule has 1 nitrogen and oxygen atoms in total. The van der Waals surface area contributed by atoms with E-state index in [4.69, 9.17) is 0 Å². The van der Waals surface area contributed by atoms with Gasteiger partial charge in [-0.05, 0) is 50.0 Å². The highest BCUT2D eigenvalue weighted by molar-refractivity contribution is 4.90. The normalized spacial score (nSPS) is 37.6. The van der Waals surface area contributed by atoms with Crippen LogP contribution in [0.15, 0.2) is 0 Å². The summed E-state index contributed by atoms with van der Waals surface area (Å²) < 4.78 is 0. The van der Waals surface area contributed by atoms with Gasteiger partial charge in [-0.15, -0.1) is 0 Å². The minimum Gasteiger partial charge on any atom is -0.314 e. The highest BCUT2D eigenvalue weighted by Crippen LogP contribution is 2.45. The van der Waals surface area contributed by atoms with Crippen molar-refractivity contribution in [3.8, 4) is 0 Å². The first-order valence-electron chi connectivity index (χ1n) is 7.17. The van der Waals surface area contributed by atoms with Crippen LogP contribution in [-0.2, 0) is 0 Å². The number of rotatable bonds is 4. The molecule has 3 saturated carbocycles. The molecule has 0 aromatic carbocycles. The summed E-state index contributed by atoms with van der Waals surface area (Å²) in [6.07, 6.45) is 13.6. The van der Waals surface area contributed by atoms with Gasteiger partial charge in [0.1, 0.15) is 0 Å². The second-order valence-electron chi connectivity index (χ2n) is 6.08. The van der Waals surface area contributed by atoms with E-state index in [1.54, 1.807) is 19.3 Å². The molecule has 0 aromatic heterocycles. The predicted octanol–water partition coefficient (Wildman–Crippen LogP) is 3.34. The first kappa shape index (κ1) is 10.1. The van der Waals surface area contributed by atoms with Crippen LogP contribution in [-0.4, -0.2) is 12.6 Å². The van der Waals surface area contributed by atoms with Crippen LogP contribution in [0.25, 0.3) is 0 Å². The van der Waals surface area contributed by atoms with E-state index in [1.807, 2.05) is 0 Å². The maximum atomic E-state index is 3.73. The Morgan fingerprint density at radius 3 is 2.20 bits per heavy atom. The maximum absolute atomic E-state index is 3.73. The topological polar surface area (TPSA) is 12.0 Å². The molecule has 0 radical (unpaired) electrons. The van der Waals surface area contributed by atoms with E-state index in [1.165, 1.54) is 45.1 Å². The van der Waals surface area contributed by atoms with Crippen molar-refractivity contribution in [1.82, 2.24) is 5.32 Å². The fourth-order valence-electron chi connectivity index (χ4n) is 3.64. The first-order chi connectivity index (χ1) is 7.43. The lowest BCUT2D eigenvalue weighted by Gasteiger charge is -2.43. The number of nitrogens with one attached hydrogen (secondary N) is 1. The van der Waals surface area contributed by atoms with Gasteiger partial charge in [0, 0.05) is 6.04 Å². The lowest BCUT2D eigenvalue weighted by atomic mass is 9.63. The van der Waals surface area contributed by atoms with Crippen molar-refractivity contribution in [2.45, 2.75) is 63.8 Å². The van der Waals surface area contributed by atoms with Crippen molar-refractivity contribution >= 4 is 0 Å². The average molecular weight is 207 g/mol. The first-order valence-corrected chi connectivity index (χ1v) is 7.17. The monoisotopic (exact) mass is 207 g/mol. The van der Waals surface area contributed by atoms with Gasteiger partial charge in [-0.1, -0.05) is 32.1 Å². The molecule has 2 unspecified atom stereocenters. The van der Waals surface area contributed by atoms with Crippen LogP contribution in [0.1, 0.15) is 57.8 Å². The Morgan fingerprint density at radius 1 is 0.800 bits per heavy atom. The Kier molecular flexibility index (Phi) is 3.01. The Morgan fingerprint density at radius 2 is 1.60 bits per heavy atom. The zero-order chi connectivity index (χ0) is 10.1. The fraction of sp³-hybridized carbons (Fsp3) is 1.00. The summed E-state index contributed by atoms with van der Waals surface area (Å²) in [6, 6.07) is 0.914. The van der Waals surface area contributed by atoms with Gasteiger partial charge in [0.05, 0.1) is 0 Å². The minimum absolute atomic E-state index is 0.914. The Labute approximate surface area is 94.0 Å². The van der Waals surface area contributed by atoms with E-state index in [0.717, 1.165) is 23.8 Å². The molecule has 0 amide bonds. The van der Waals surface area contributed by atoms with Crippen molar-refractivity contribution in [3.63, 3.8) is 0 Å². The Hall–Kier alpha value is -0.0400. The SMILES string of the molecule is C1CCC(C2CCC2CNC2CC2)CC1. The molecule has 0 saturated heterocycles. The summed E-state index contributed by atoms with van der Waals surface area (Å²) in [7, 11) is 0. The number of hydrogen-bond donors (Lipinski definition) is 1. The van der Waals surface area contributed by atoms with Crippen LogP contribution in [0.3, 0.4) is 0 Å². The Bertz CT molecular complexity index is 203. The van der Waals surface area contributed by atoms with Crippen LogP contribution in [0.2, 0.25) is 0 Å². The van der Waals surface area contributed by atoms with Crippen molar-refractivity contribution in [2.75, 3.05) is 6.54 Å². The third-order valence-corrected chi connectivity index (χ3v) is 4.98. The molecule has 86 valence electrons. The lowest BCUT2D eigenvalue weighted by Crippen LogP contribution is -2.40. The van der Waals surface area contributed by atoms with Crippen LogP contribution >= 0.6 is 0 Å². The zero-order valence-electron chi connectivity index (χ0n) is 9.88. The molecule has 3 aliphatic rings. The molecule has 1 heteroatoms. The van der Waals surface area contributed by atoms with Crippen LogP contribution in [0.5, 0.6) is 0 Å². The number of hydrogen-bond acceptors (Lipinski definition) is 1. The molecule has 0 bridgehead atoms. The highest BCUT2D eigenvalue weighted by Gasteiger charge is 2.37. The summed E-state index contributed by atoms with van der Waals surface area (Å²) in [5.74, 6) is 3.27. The summed E-state index contributed by atoms with van der Waals surface area (Å²) in [4.78, 5) is 0. The fourth-order valence-corrected chi connectivity index (χ4v) is 3.64. The summed E-state index contributed by atoms with van der Waals surface area (Å²) >= 11 is 0. The summed E-state index contributed by atoms with van der Waals surface area (Å²) in [6.45, 7) is 1.34. The molecule has 3 fully saturated rings. The maximum Gasteiger partial charge on any atom is 0.00683 e. The van der Waals surface area contributed by atoms with Gasteiger partial charge >= 0.3 is 0 Å². The standard InChI is InChI=1S/C14H25N/c1-2-4-11(5-3-1)14-9-6-12(14)10-15-13-7-8-13/h11-15H,1-10H2. The van der Waals surface area contributed by atoms with Gasteiger partial charge in [-0.2, -0.15) is 0 Å². The van der Waals surface area contributed by atoms with E-state index in [9.17, 15) is 0 Å². The molecule has 0 aliphatic heterocycles. The lowest BCUT2D eigenvalue weighted by molar-refractivity contribution is 0.0783. The zero-order valence-corrected chi connectivity index (χ0v) is 9.88. The molecular formula is C14H25N. The van der Waals surface area contributed by atoms with Crippen LogP contribution < -0.4 is 5.32 Å². The molecule has 2 atom stereocenters. The van der Waals surface area contributed by atoms with Crippen molar-refractivity contribution in [1.29, 1.82) is 0 Å². The molecular weight excluding hydrogens is 182 g/mol. The molecule has 0 aromatic rings. The quantitative estimate of drug-likeness (QED) is 0.745. The molecule has 0 heterocycles. The molecule has 3 rings (SSSR count). The van der Waals surface area contributed by atoms with Crippen LogP contribution in [0.4, 0.5) is 0 Å². The van der Waals surface area contributed by atoms with Gasteiger partial charge in [-0.25, -0.2) is 0 Å². The van der Waals surface area contributed by atoms with E-state index in [2.05, 4.69) is 5.32 Å². The van der Waals surface area contributed by atoms with Gasteiger partial charge in [0.15, 0.2) is 0 Å². The van der Waals surface area contributed by atoms with Gasteiger partial charge < -0.3 is 5.32 Å². The van der Waals surface area contributed by atoms with Crippen molar-refractivity contribution < 1.29 is 0 Å². The third kappa shape index (κ3) is 2.38. The van der Waals surface area contributed by atoms with E-state index < -0.39 is 0 Å². The van der Waals surface area contributed by atoms with E-state index >= 15 is 0 Å². The van der Waals surface area contributed by atoms with Gasteiger partial charge in [-0.3, -0.25) is 0 Å². The summed E-state index contributed by atoms with van der Waals surface area (Å²) in [5, 5.41) is 3.73. The Balaban J connectivity index is 1.43. The van der Waals surface area contributed by atoms with Crippen LogP contribution in [0, 0.1) is 17.8 Å². The minimum atomic E-state index is 0.914. The van der Waals surface area contributed by atoms with Gasteiger partial charge in [0.2, 0.25) is 0 Å². The largest absolute Gasteiger partial charge is 0.314 e. The second kappa shape index (κ2) is 4.45. The van der Waals surface area contributed by atoms with E-state index in [0.29, 0.717) is 0 Å². The van der Waals surface area contributed by atoms with Gasteiger partial charge in [0.25, 0.3) is 0 Å². The highest BCUT2D eigenvalue weighted by atomic mass is 14.9. The molecule has 0 spiro atoms. The van der Waals surface area contributed by atoms with Crippen molar-refractivity contribution in [2.24, 2.45) is 17.8 Å². The van der Waals surface area contributed by atoms with Crippen molar-refractivity contribution in [3.05, 3.63) is 0 Å². The molecule has 15 heavy (non-hydrogen) atoms. The smallest absolute Gasteiger partial charge is 0.00683 e. The average Bonchev–Trinajstić information content (AvgIpc) is 3.02. The summed E-state index contributed by atoms with van der Waals surface area (Å²) in [5.41, 5.74) is 0. The molecule has 1 N–H and O–H groups in total.